The van der Waals surface area contributed by atoms with Crippen LogP contribution < -0.4 is 5.32 Å². The minimum absolute atomic E-state index is 0. The molecule has 1 atom stereocenters. The number of pyridine rings is 2. The number of hydrogen-bond acceptors (Lipinski definition) is 3. The van der Waals surface area contributed by atoms with Gasteiger partial charge in [0.2, 0.25) is 0 Å². The van der Waals surface area contributed by atoms with E-state index in [0.29, 0.717) is 23.6 Å². The van der Waals surface area contributed by atoms with E-state index < -0.39 is 0 Å². The topological polar surface area (TPSA) is 70.7 Å². The second-order valence-electron chi connectivity index (χ2n) is 8.52. The Hall–Kier alpha value is -2.69. The van der Waals surface area contributed by atoms with Crippen LogP contribution in [0.2, 0.25) is 0 Å². The molecule has 3 aromatic heterocycles. The molecule has 0 fully saturated rings. The van der Waals surface area contributed by atoms with Gasteiger partial charge in [-0.25, -0.2) is 0 Å². The van der Waals surface area contributed by atoms with E-state index in [0.717, 1.165) is 29.6 Å². The molecule has 4 rings (SSSR count). The molecule has 0 bridgehead atoms. The van der Waals surface area contributed by atoms with E-state index in [-0.39, 0.29) is 8.76 Å². The van der Waals surface area contributed by atoms with Crippen LogP contribution in [0.15, 0.2) is 36.5 Å². The van der Waals surface area contributed by atoms with Crippen molar-refractivity contribution in [3.05, 3.63) is 59.2 Å². The van der Waals surface area contributed by atoms with E-state index in [1.807, 2.05) is 24.3 Å². The first-order chi connectivity index (χ1) is 12.9. The van der Waals surface area contributed by atoms with Crippen LogP contribution in [0, 0.1) is 11.3 Å². The molecule has 0 saturated carbocycles. The number of carbonyl (C=O) groups excluding carboxylic acids is 1. The van der Waals surface area contributed by atoms with Crippen molar-refractivity contribution in [2.75, 3.05) is 0 Å². The summed E-state index contributed by atoms with van der Waals surface area (Å²) >= 11 is 0. The summed E-state index contributed by atoms with van der Waals surface area (Å²) in [6.45, 7) is 7.35. The second-order valence-corrected chi connectivity index (χ2v) is 8.52. The van der Waals surface area contributed by atoms with Gasteiger partial charge in [-0.05, 0) is 60.4 Å². The van der Waals surface area contributed by atoms with Gasteiger partial charge >= 0.3 is 0 Å². The van der Waals surface area contributed by atoms with Gasteiger partial charge in [0.05, 0.1) is 23.3 Å². The number of rotatable bonds is 3. The molecule has 0 aliphatic heterocycles. The standard InChI is InChI=1S/C22H26N4O.2H2/c1-22(2,3)15-7-8-17-14(10-15)11-18-19(25-17)12-20(26-18)21(27)24-13-16-6-4-5-9-23-16;;/h4-6,9,11-12,15,26H,7-8,10,13H2,1-3H3,(H,24,27);2*1H. The van der Waals surface area contributed by atoms with Crippen molar-refractivity contribution in [2.45, 2.75) is 46.6 Å². The minimum atomic E-state index is -0.135. The summed E-state index contributed by atoms with van der Waals surface area (Å²) in [5.74, 6) is 0.532. The third kappa shape index (κ3) is 3.72. The van der Waals surface area contributed by atoms with Crippen LogP contribution in [0.3, 0.4) is 0 Å². The smallest absolute Gasteiger partial charge is 0.268 e. The lowest BCUT2D eigenvalue weighted by molar-refractivity contribution is 0.0946. The van der Waals surface area contributed by atoms with Gasteiger partial charge < -0.3 is 10.3 Å². The van der Waals surface area contributed by atoms with Crippen LogP contribution in [0.25, 0.3) is 11.0 Å². The van der Waals surface area contributed by atoms with Crippen molar-refractivity contribution in [1.29, 1.82) is 0 Å². The first kappa shape index (κ1) is 17.7. The summed E-state index contributed by atoms with van der Waals surface area (Å²) in [6, 6.07) is 9.70. The van der Waals surface area contributed by atoms with Crippen LogP contribution in [0.5, 0.6) is 0 Å². The molecule has 5 nitrogen and oxygen atoms in total. The summed E-state index contributed by atoms with van der Waals surface area (Å²) < 4.78 is 0. The SMILES string of the molecule is CC(C)(C)C1CCc2nc3cc(C(=O)NCc4ccccn4)[nH]c3cc2C1.[HH].[HH]. The van der Waals surface area contributed by atoms with Gasteiger partial charge in [0.25, 0.3) is 5.91 Å². The van der Waals surface area contributed by atoms with Gasteiger partial charge in [-0.3, -0.25) is 14.8 Å². The molecule has 0 spiro atoms. The summed E-state index contributed by atoms with van der Waals surface area (Å²) in [4.78, 5) is 24.8. The molecular formula is C22H30N4O. The van der Waals surface area contributed by atoms with Crippen molar-refractivity contribution in [3.8, 4) is 0 Å². The van der Waals surface area contributed by atoms with Gasteiger partial charge in [-0.15, -0.1) is 0 Å². The Bertz CT molecular complexity index is 980. The molecule has 1 amide bonds. The fourth-order valence-corrected chi connectivity index (χ4v) is 3.84. The van der Waals surface area contributed by atoms with Crippen molar-refractivity contribution in [1.82, 2.24) is 20.3 Å². The van der Waals surface area contributed by atoms with Crippen molar-refractivity contribution >= 4 is 16.9 Å². The Kier molecular flexibility index (Phi) is 4.46. The van der Waals surface area contributed by atoms with E-state index in [4.69, 9.17) is 4.98 Å². The van der Waals surface area contributed by atoms with Crippen molar-refractivity contribution in [2.24, 2.45) is 11.3 Å². The zero-order chi connectivity index (χ0) is 19.0. The molecule has 144 valence electrons. The number of nitrogens with zero attached hydrogens (tertiary/aromatic N) is 2. The number of nitrogens with one attached hydrogen (secondary N) is 2. The molecule has 3 heterocycles. The number of aryl methyl sites for hydroxylation is 1. The molecule has 2 N–H and O–H groups in total. The Morgan fingerprint density at radius 3 is 2.93 bits per heavy atom. The van der Waals surface area contributed by atoms with Crippen LogP contribution in [0.4, 0.5) is 0 Å². The lowest BCUT2D eigenvalue weighted by atomic mass is 9.71. The van der Waals surface area contributed by atoms with E-state index >= 15 is 0 Å². The molecule has 0 saturated heterocycles. The Morgan fingerprint density at radius 1 is 1.33 bits per heavy atom. The highest BCUT2D eigenvalue weighted by atomic mass is 16.1. The van der Waals surface area contributed by atoms with Gasteiger partial charge in [0.1, 0.15) is 5.69 Å². The summed E-state index contributed by atoms with van der Waals surface area (Å²) in [5, 5.41) is 2.91. The van der Waals surface area contributed by atoms with Gasteiger partial charge in [0.15, 0.2) is 0 Å². The average molecular weight is 367 g/mol. The van der Waals surface area contributed by atoms with Crippen LogP contribution in [0.1, 0.15) is 57.5 Å². The molecule has 27 heavy (non-hydrogen) atoms. The molecule has 1 aliphatic carbocycles. The minimum Gasteiger partial charge on any atom is -0.349 e. The molecule has 1 unspecified atom stereocenters. The van der Waals surface area contributed by atoms with Crippen LogP contribution in [-0.4, -0.2) is 20.9 Å². The number of aromatic nitrogens is 3. The van der Waals surface area contributed by atoms with Crippen LogP contribution in [-0.2, 0) is 19.4 Å². The van der Waals surface area contributed by atoms with Gasteiger partial charge in [0, 0.05) is 14.7 Å². The Labute approximate surface area is 162 Å². The molecule has 3 aromatic rings. The van der Waals surface area contributed by atoms with E-state index in [1.165, 1.54) is 17.7 Å². The third-order valence-electron chi connectivity index (χ3n) is 5.59. The molecular weight excluding hydrogens is 336 g/mol. The van der Waals surface area contributed by atoms with Gasteiger partial charge in [-0.2, -0.15) is 0 Å². The first-order valence-electron chi connectivity index (χ1n) is 9.60. The number of carbonyl (C=O) groups is 1. The predicted molar refractivity (Wildman–Crippen MR) is 111 cm³/mol. The van der Waals surface area contributed by atoms with E-state index in [9.17, 15) is 4.79 Å². The van der Waals surface area contributed by atoms with E-state index in [2.05, 4.69) is 42.1 Å². The van der Waals surface area contributed by atoms with Crippen molar-refractivity contribution in [3.63, 3.8) is 0 Å². The van der Waals surface area contributed by atoms with Gasteiger partial charge in [-0.1, -0.05) is 26.8 Å². The largest absolute Gasteiger partial charge is 0.349 e. The zero-order valence-electron chi connectivity index (χ0n) is 16.2. The Morgan fingerprint density at radius 2 is 2.19 bits per heavy atom. The van der Waals surface area contributed by atoms with Crippen LogP contribution >= 0.6 is 0 Å². The molecule has 5 heteroatoms. The Balaban J connectivity index is 0.00000150. The molecule has 1 aliphatic rings. The highest BCUT2D eigenvalue weighted by Crippen LogP contribution is 2.37. The summed E-state index contributed by atoms with van der Waals surface area (Å²) in [7, 11) is 0. The average Bonchev–Trinajstić information content (AvgIpc) is 3.06. The highest BCUT2D eigenvalue weighted by Gasteiger charge is 2.29. The monoisotopic (exact) mass is 366 g/mol. The maximum absolute atomic E-state index is 12.5. The number of amides is 1. The third-order valence-corrected chi connectivity index (χ3v) is 5.59. The quantitative estimate of drug-likeness (QED) is 0.715. The van der Waals surface area contributed by atoms with E-state index in [1.54, 1.807) is 6.20 Å². The first-order valence-corrected chi connectivity index (χ1v) is 9.60. The maximum atomic E-state index is 12.5. The number of hydrogen-bond donors (Lipinski definition) is 2. The fourth-order valence-electron chi connectivity index (χ4n) is 3.84. The van der Waals surface area contributed by atoms with Crippen molar-refractivity contribution < 1.29 is 7.65 Å². The highest BCUT2D eigenvalue weighted by molar-refractivity contribution is 5.97. The number of H-pyrrole nitrogens is 1. The zero-order valence-corrected chi connectivity index (χ0v) is 16.2. The summed E-state index contributed by atoms with van der Waals surface area (Å²) in [6.07, 6.45) is 4.97. The lowest BCUT2D eigenvalue weighted by Gasteiger charge is -2.34. The molecule has 0 radical (unpaired) electrons. The normalized spacial score (nSPS) is 16.9. The number of aromatic amines is 1. The maximum Gasteiger partial charge on any atom is 0.268 e. The predicted octanol–water partition coefficient (Wildman–Crippen LogP) is 4.53. The summed E-state index contributed by atoms with van der Waals surface area (Å²) in [5.41, 5.74) is 5.99. The second kappa shape index (κ2) is 6.80. The fraction of sp³-hybridized carbons (Fsp3) is 0.409. The molecule has 0 aromatic carbocycles. The lowest BCUT2D eigenvalue weighted by Crippen LogP contribution is -2.27. The number of fused-ring (bicyclic) bond motifs is 2.